The quantitative estimate of drug-likeness (QED) is 0.695. The summed E-state index contributed by atoms with van der Waals surface area (Å²) in [7, 11) is 0. The van der Waals surface area contributed by atoms with Crippen LogP contribution >= 0.6 is 0 Å². The Hall–Kier alpha value is -1.69. The molecule has 6 nitrogen and oxygen atoms in total. The van der Waals surface area contributed by atoms with E-state index in [1.165, 1.54) is 6.20 Å². The molecule has 1 aromatic rings. The number of piperazine rings is 1. The lowest BCUT2D eigenvalue weighted by atomic mass is 10.2. The number of nitrogens with zero attached hydrogens (tertiary/aromatic N) is 3. The first-order valence-corrected chi connectivity index (χ1v) is 5.27. The Morgan fingerprint density at radius 3 is 3.00 bits per heavy atom. The van der Waals surface area contributed by atoms with Gasteiger partial charge in [-0.1, -0.05) is 0 Å². The summed E-state index contributed by atoms with van der Waals surface area (Å²) < 4.78 is 0. The fourth-order valence-electron chi connectivity index (χ4n) is 1.86. The van der Waals surface area contributed by atoms with E-state index in [4.69, 9.17) is 5.73 Å². The molecule has 0 radical (unpaired) electrons. The molecular weight excluding hydrogens is 206 g/mol. The van der Waals surface area contributed by atoms with E-state index >= 15 is 0 Å². The molecule has 0 saturated carbocycles. The Balaban J connectivity index is 2.28. The van der Waals surface area contributed by atoms with E-state index in [-0.39, 0.29) is 5.69 Å². The molecule has 1 unspecified atom stereocenters. The highest BCUT2D eigenvalue weighted by Gasteiger charge is 2.21. The zero-order valence-electron chi connectivity index (χ0n) is 9.18. The summed E-state index contributed by atoms with van der Waals surface area (Å²) in [5.41, 5.74) is 5.52. The number of amides is 1. The number of hydrogen-bond acceptors (Lipinski definition) is 5. The Kier molecular flexibility index (Phi) is 3.00. The SMILES string of the molecule is CC1CN(c2nccnc2C(N)=O)CCN1. The second kappa shape index (κ2) is 4.44. The van der Waals surface area contributed by atoms with Crippen molar-refractivity contribution in [2.75, 3.05) is 24.5 Å². The minimum absolute atomic E-state index is 0.247. The lowest BCUT2D eigenvalue weighted by Gasteiger charge is -2.33. The van der Waals surface area contributed by atoms with Crippen molar-refractivity contribution in [3.05, 3.63) is 18.1 Å². The van der Waals surface area contributed by atoms with Gasteiger partial charge in [0.15, 0.2) is 11.5 Å². The number of rotatable bonds is 2. The van der Waals surface area contributed by atoms with Crippen molar-refractivity contribution < 1.29 is 4.79 Å². The fraction of sp³-hybridized carbons (Fsp3) is 0.500. The number of primary amides is 1. The normalized spacial score (nSPS) is 20.8. The van der Waals surface area contributed by atoms with Crippen molar-refractivity contribution in [1.82, 2.24) is 15.3 Å². The summed E-state index contributed by atoms with van der Waals surface area (Å²) in [5.74, 6) is 0.0534. The van der Waals surface area contributed by atoms with Gasteiger partial charge in [0.25, 0.3) is 5.91 Å². The summed E-state index contributed by atoms with van der Waals surface area (Å²) in [4.78, 5) is 21.4. The van der Waals surface area contributed by atoms with Crippen molar-refractivity contribution in [1.29, 1.82) is 0 Å². The van der Waals surface area contributed by atoms with E-state index in [1.54, 1.807) is 6.20 Å². The first-order valence-electron chi connectivity index (χ1n) is 5.27. The number of nitrogens with one attached hydrogen (secondary N) is 1. The maximum atomic E-state index is 11.2. The van der Waals surface area contributed by atoms with E-state index in [2.05, 4.69) is 22.2 Å². The summed E-state index contributed by atoms with van der Waals surface area (Å²) >= 11 is 0. The average Bonchev–Trinajstić information content (AvgIpc) is 2.29. The van der Waals surface area contributed by atoms with Gasteiger partial charge in [0, 0.05) is 38.1 Å². The van der Waals surface area contributed by atoms with Crippen LogP contribution in [0.1, 0.15) is 17.4 Å². The molecule has 2 rings (SSSR count). The van der Waals surface area contributed by atoms with E-state index in [1.807, 2.05) is 4.90 Å². The minimum atomic E-state index is -0.533. The zero-order valence-corrected chi connectivity index (χ0v) is 9.18. The monoisotopic (exact) mass is 221 g/mol. The largest absolute Gasteiger partial charge is 0.364 e. The molecule has 1 aromatic heterocycles. The predicted molar refractivity (Wildman–Crippen MR) is 60.2 cm³/mol. The standard InChI is InChI=1S/C10H15N5O/c1-7-6-15(5-4-12-7)10-8(9(11)16)13-2-3-14-10/h2-3,7,12H,4-6H2,1H3,(H2,11,16). The number of carbonyl (C=O) groups excluding carboxylic acids is 1. The van der Waals surface area contributed by atoms with Crippen LogP contribution in [0.2, 0.25) is 0 Å². The van der Waals surface area contributed by atoms with Gasteiger partial charge in [-0.05, 0) is 6.92 Å². The second-order valence-electron chi connectivity index (χ2n) is 3.89. The van der Waals surface area contributed by atoms with Crippen LogP contribution in [0.5, 0.6) is 0 Å². The van der Waals surface area contributed by atoms with E-state index in [0.717, 1.165) is 19.6 Å². The first kappa shape index (κ1) is 10.8. The Labute approximate surface area is 93.9 Å². The van der Waals surface area contributed by atoms with Gasteiger partial charge in [-0.15, -0.1) is 0 Å². The van der Waals surface area contributed by atoms with Crippen LogP contribution in [-0.2, 0) is 0 Å². The lowest BCUT2D eigenvalue weighted by molar-refractivity contribution is 0.0995. The third-order valence-electron chi connectivity index (χ3n) is 2.58. The molecule has 1 aliphatic heterocycles. The van der Waals surface area contributed by atoms with Crippen LogP contribution in [-0.4, -0.2) is 41.6 Å². The van der Waals surface area contributed by atoms with Gasteiger partial charge in [-0.3, -0.25) is 4.79 Å². The van der Waals surface area contributed by atoms with Gasteiger partial charge >= 0.3 is 0 Å². The van der Waals surface area contributed by atoms with Crippen LogP contribution < -0.4 is 16.0 Å². The van der Waals surface area contributed by atoms with Crippen molar-refractivity contribution in [3.63, 3.8) is 0 Å². The van der Waals surface area contributed by atoms with Gasteiger partial charge in [0.05, 0.1) is 0 Å². The molecule has 1 atom stereocenters. The maximum absolute atomic E-state index is 11.2. The highest BCUT2D eigenvalue weighted by atomic mass is 16.1. The molecule has 0 aliphatic carbocycles. The molecule has 16 heavy (non-hydrogen) atoms. The fourth-order valence-corrected chi connectivity index (χ4v) is 1.86. The van der Waals surface area contributed by atoms with Gasteiger partial charge in [-0.2, -0.15) is 0 Å². The molecule has 0 aromatic carbocycles. The molecule has 6 heteroatoms. The zero-order chi connectivity index (χ0) is 11.5. The Bertz CT molecular complexity index is 395. The predicted octanol–water partition coefficient (Wildman–Crippen LogP) is -0.626. The highest BCUT2D eigenvalue weighted by Crippen LogP contribution is 2.15. The van der Waals surface area contributed by atoms with E-state index < -0.39 is 5.91 Å². The second-order valence-corrected chi connectivity index (χ2v) is 3.89. The lowest BCUT2D eigenvalue weighted by Crippen LogP contribution is -2.50. The smallest absolute Gasteiger partial charge is 0.271 e. The molecule has 3 N–H and O–H groups in total. The molecule has 0 bridgehead atoms. The van der Waals surface area contributed by atoms with E-state index in [0.29, 0.717) is 11.9 Å². The number of nitrogens with two attached hydrogens (primary N) is 1. The van der Waals surface area contributed by atoms with E-state index in [9.17, 15) is 4.79 Å². The topological polar surface area (TPSA) is 84.1 Å². The highest BCUT2D eigenvalue weighted by molar-refractivity contribution is 5.95. The third kappa shape index (κ3) is 2.11. The van der Waals surface area contributed by atoms with Gasteiger partial charge in [0.1, 0.15) is 0 Å². The van der Waals surface area contributed by atoms with Crippen LogP contribution in [0, 0.1) is 0 Å². The molecule has 1 fully saturated rings. The number of carbonyl (C=O) groups is 1. The minimum Gasteiger partial charge on any atom is -0.364 e. The van der Waals surface area contributed by atoms with Crippen molar-refractivity contribution in [3.8, 4) is 0 Å². The number of anilines is 1. The number of aromatic nitrogens is 2. The summed E-state index contributed by atoms with van der Waals surface area (Å²) in [6.45, 7) is 4.57. The van der Waals surface area contributed by atoms with Gasteiger partial charge < -0.3 is 16.0 Å². The third-order valence-corrected chi connectivity index (χ3v) is 2.58. The summed E-state index contributed by atoms with van der Waals surface area (Å²) in [5, 5.41) is 3.32. The molecule has 1 aliphatic rings. The molecule has 1 amide bonds. The Morgan fingerprint density at radius 1 is 1.56 bits per heavy atom. The van der Waals surface area contributed by atoms with Crippen LogP contribution in [0.15, 0.2) is 12.4 Å². The molecule has 86 valence electrons. The summed E-state index contributed by atoms with van der Waals surface area (Å²) in [6.07, 6.45) is 3.06. The van der Waals surface area contributed by atoms with Crippen LogP contribution in [0.4, 0.5) is 5.82 Å². The molecular formula is C10H15N5O. The first-order chi connectivity index (χ1) is 7.68. The van der Waals surface area contributed by atoms with Crippen LogP contribution in [0.3, 0.4) is 0 Å². The average molecular weight is 221 g/mol. The van der Waals surface area contributed by atoms with Gasteiger partial charge in [-0.25, -0.2) is 9.97 Å². The van der Waals surface area contributed by atoms with Crippen molar-refractivity contribution in [2.45, 2.75) is 13.0 Å². The maximum Gasteiger partial charge on any atom is 0.271 e. The summed E-state index contributed by atoms with van der Waals surface area (Å²) in [6, 6.07) is 0.372. The molecule has 2 heterocycles. The van der Waals surface area contributed by atoms with Crippen LogP contribution in [0.25, 0.3) is 0 Å². The van der Waals surface area contributed by atoms with Crippen molar-refractivity contribution in [2.24, 2.45) is 5.73 Å². The number of hydrogen-bond donors (Lipinski definition) is 2. The molecule has 0 spiro atoms. The van der Waals surface area contributed by atoms with Crippen molar-refractivity contribution >= 4 is 11.7 Å². The Morgan fingerprint density at radius 2 is 2.31 bits per heavy atom. The molecule has 1 saturated heterocycles. The van der Waals surface area contributed by atoms with Gasteiger partial charge in [0.2, 0.25) is 0 Å².